The van der Waals surface area contributed by atoms with E-state index in [0.717, 1.165) is 27.6 Å². The number of benzene rings is 3. The van der Waals surface area contributed by atoms with Gasteiger partial charge < -0.3 is 15.7 Å². The topological polar surface area (TPSA) is 87.4 Å². The molecule has 2 amide bonds. The molecule has 116 valence electrons. The van der Waals surface area contributed by atoms with Crippen LogP contribution in [0.1, 0.15) is 0 Å². The molecule has 0 spiro atoms. The summed E-state index contributed by atoms with van der Waals surface area (Å²) in [5, 5.41) is 22.3. The van der Waals surface area contributed by atoms with Crippen molar-refractivity contribution in [1.29, 1.82) is 0 Å². The summed E-state index contributed by atoms with van der Waals surface area (Å²) >= 11 is 1.12. The van der Waals surface area contributed by atoms with Gasteiger partial charge >= 0.3 is 6.03 Å². The Hall–Kier alpha value is -2.70. The van der Waals surface area contributed by atoms with Gasteiger partial charge in [-0.25, -0.2) is 4.79 Å². The number of hydrogen-bond donors (Lipinski definition) is 4. The van der Waals surface area contributed by atoms with E-state index in [0.29, 0.717) is 11.4 Å². The van der Waals surface area contributed by atoms with E-state index < -0.39 is 0 Å². The van der Waals surface area contributed by atoms with Gasteiger partial charge in [0.15, 0.2) is 0 Å². The highest BCUT2D eigenvalue weighted by Gasteiger charge is 2.07. The van der Waals surface area contributed by atoms with E-state index in [4.69, 9.17) is 5.14 Å². The lowest BCUT2D eigenvalue weighted by Crippen LogP contribution is -2.19. The molecule has 0 aliphatic heterocycles. The second kappa shape index (κ2) is 6.60. The Balaban J connectivity index is 1.80. The molecule has 3 rings (SSSR count). The zero-order valence-corrected chi connectivity index (χ0v) is 12.9. The fourth-order valence-corrected chi connectivity index (χ4v) is 2.66. The molecule has 3 aromatic carbocycles. The second-order valence-electron chi connectivity index (χ2n) is 4.94. The molecular weight excluding hydrogens is 310 g/mol. The van der Waals surface area contributed by atoms with Crippen LogP contribution in [0, 0.1) is 0 Å². The number of phenols is 1. The SMILES string of the molecule is NSc1cccc(NC(=O)Nc2cccc3cc(O)ccc23)c1. The smallest absolute Gasteiger partial charge is 0.323 e. The molecule has 5 N–H and O–H groups in total. The van der Waals surface area contributed by atoms with E-state index in [9.17, 15) is 9.90 Å². The van der Waals surface area contributed by atoms with Gasteiger partial charge in [0, 0.05) is 16.0 Å². The van der Waals surface area contributed by atoms with Crippen molar-refractivity contribution in [2.75, 3.05) is 10.6 Å². The number of carbonyl (C=O) groups excluding carboxylic acids is 1. The highest BCUT2D eigenvalue weighted by molar-refractivity contribution is 7.97. The third-order valence-corrected chi connectivity index (χ3v) is 3.87. The van der Waals surface area contributed by atoms with Crippen LogP contribution >= 0.6 is 11.9 Å². The summed E-state index contributed by atoms with van der Waals surface area (Å²) < 4.78 is 0. The van der Waals surface area contributed by atoms with Crippen molar-refractivity contribution in [2.45, 2.75) is 4.90 Å². The predicted molar refractivity (Wildman–Crippen MR) is 94.7 cm³/mol. The summed E-state index contributed by atoms with van der Waals surface area (Å²) in [5.41, 5.74) is 1.33. The Morgan fingerprint density at radius 2 is 1.83 bits per heavy atom. The number of nitrogens with two attached hydrogens (primary N) is 1. The first-order chi connectivity index (χ1) is 11.2. The minimum atomic E-state index is -0.343. The maximum atomic E-state index is 12.2. The fraction of sp³-hybridized carbons (Fsp3) is 0. The van der Waals surface area contributed by atoms with Gasteiger partial charge in [-0.2, -0.15) is 0 Å². The number of anilines is 2. The van der Waals surface area contributed by atoms with E-state index in [-0.39, 0.29) is 11.8 Å². The van der Waals surface area contributed by atoms with Crippen LogP contribution in [0.4, 0.5) is 16.2 Å². The zero-order chi connectivity index (χ0) is 16.2. The number of fused-ring (bicyclic) bond motifs is 1. The maximum absolute atomic E-state index is 12.2. The number of hydrogen-bond acceptors (Lipinski definition) is 4. The van der Waals surface area contributed by atoms with Gasteiger partial charge in [0.1, 0.15) is 5.75 Å². The summed E-state index contributed by atoms with van der Waals surface area (Å²) in [7, 11) is 0. The highest BCUT2D eigenvalue weighted by Crippen LogP contribution is 2.26. The Labute approximate surface area is 137 Å². The van der Waals surface area contributed by atoms with Gasteiger partial charge in [-0.3, -0.25) is 5.14 Å². The molecule has 0 radical (unpaired) electrons. The van der Waals surface area contributed by atoms with Gasteiger partial charge in [0.25, 0.3) is 0 Å². The highest BCUT2D eigenvalue weighted by atomic mass is 32.2. The Kier molecular flexibility index (Phi) is 4.36. The quantitative estimate of drug-likeness (QED) is 0.545. The summed E-state index contributed by atoms with van der Waals surface area (Å²) in [6.45, 7) is 0. The van der Waals surface area contributed by atoms with Crippen LogP contribution < -0.4 is 15.8 Å². The zero-order valence-electron chi connectivity index (χ0n) is 12.1. The van der Waals surface area contributed by atoms with Crippen LogP contribution in [-0.4, -0.2) is 11.1 Å². The number of amides is 2. The average molecular weight is 325 g/mol. The van der Waals surface area contributed by atoms with Crippen LogP contribution in [0.2, 0.25) is 0 Å². The van der Waals surface area contributed by atoms with Crippen molar-refractivity contribution in [2.24, 2.45) is 5.14 Å². The molecule has 0 aromatic heterocycles. The molecule has 0 unspecified atom stereocenters. The van der Waals surface area contributed by atoms with Crippen LogP contribution in [0.3, 0.4) is 0 Å². The van der Waals surface area contributed by atoms with Crippen molar-refractivity contribution in [1.82, 2.24) is 0 Å². The monoisotopic (exact) mass is 325 g/mol. The maximum Gasteiger partial charge on any atom is 0.323 e. The molecule has 0 saturated heterocycles. The average Bonchev–Trinajstić information content (AvgIpc) is 2.55. The molecule has 5 nitrogen and oxygen atoms in total. The first kappa shape index (κ1) is 15.2. The van der Waals surface area contributed by atoms with Gasteiger partial charge in [0.05, 0.1) is 5.69 Å². The Morgan fingerprint density at radius 3 is 2.65 bits per heavy atom. The molecule has 0 fully saturated rings. The molecule has 0 saturated carbocycles. The van der Waals surface area contributed by atoms with Crippen molar-refractivity contribution in [3.05, 3.63) is 60.7 Å². The van der Waals surface area contributed by atoms with Crippen LogP contribution in [-0.2, 0) is 0 Å². The number of nitrogens with one attached hydrogen (secondary N) is 2. The lowest BCUT2D eigenvalue weighted by Gasteiger charge is -2.11. The van der Waals surface area contributed by atoms with Gasteiger partial charge in [0.2, 0.25) is 0 Å². The number of urea groups is 1. The molecule has 6 heteroatoms. The Morgan fingerprint density at radius 1 is 1.00 bits per heavy atom. The minimum Gasteiger partial charge on any atom is -0.508 e. The third kappa shape index (κ3) is 3.56. The van der Waals surface area contributed by atoms with E-state index in [1.165, 1.54) is 0 Å². The molecule has 0 heterocycles. The van der Waals surface area contributed by atoms with Gasteiger partial charge in [-0.1, -0.05) is 18.2 Å². The summed E-state index contributed by atoms with van der Waals surface area (Å²) in [6, 6.07) is 17.5. The molecule has 0 bridgehead atoms. The fourth-order valence-electron chi connectivity index (χ4n) is 2.31. The minimum absolute atomic E-state index is 0.190. The number of aromatic hydroxyl groups is 1. The van der Waals surface area contributed by atoms with Crippen molar-refractivity contribution < 1.29 is 9.90 Å². The van der Waals surface area contributed by atoms with Crippen molar-refractivity contribution >= 4 is 40.1 Å². The third-order valence-electron chi connectivity index (χ3n) is 3.34. The lowest BCUT2D eigenvalue weighted by molar-refractivity contribution is 0.262. The predicted octanol–water partition coefficient (Wildman–Crippen LogP) is 4.16. The standard InChI is InChI=1S/C17H15N3O2S/c18-23-14-5-2-4-12(10-14)19-17(22)20-16-6-1-3-11-9-13(21)7-8-15(11)16/h1-10,21H,18H2,(H2,19,20,22). The largest absolute Gasteiger partial charge is 0.508 e. The summed E-state index contributed by atoms with van der Waals surface area (Å²) in [4.78, 5) is 13.0. The van der Waals surface area contributed by atoms with Crippen molar-refractivity contribution in [3.63, 3.8) is 0 Å². The lowest BCUT2D eigenvalue weighted by atomic mass is 10.1. The molecule has 0 atom stereocenters. The normalized spacial score (nSPS) is 10.5. The first-order valence-corrected chi connectivity index (χ1v) is 7.80. The van der Waals surface area contributed by atoms with E-state index >= 15 is 0 Å². The van der Waals surface area contributed by atoms with E-state index in [2.05, 4.69) is 10.6 Å². The number of phenolic OH excluding ortho intramolecular Hbond substituents is 1. The van der Waals surface area contributed by atoms with E-state index in [1.807, 2.05) is 30.3 Å². The summed E-state index contributed by atoms with van der Waals surface area (Å²) in [5.74, 6) is 0.190. The van der Waals surface area contributed by atoms with Crippen LogP contribution in [0.5, 0.6) is 5.75 Å². The number of rotatable bonds is 3. The molecule has 23 heavy (non-hydrogen) atoms. The van der Waals surface area contributed by atoms with Crippen LogP contribution in [0.25, 0.3) is 10.8 Å². The Bertz CT molecular complexity index is 867. The number of carbonyl (C=O) groups is 1. The molecular formula is C17H15N3O2S. The first-order valence-electron chi connectivity index (χ1n) is 6.92. The van der Waals surface area contributed by atoms with Gasteiger partial charge in [-0.05, 0) is 59.8 Å². The van der Waals surface area contributed by atoms with E-state index in [1.54, 1.807) is 30.3 Å². The molecule has 3 aromatic rings. The molecule has 0 aliphatic rings. The summed E-state index contributed by atoms with van der Waals surface area (Å²) in [6.07, 6.45) is 0. The van der Waals surface area contributed by atoms with Crippen LogP contribution in [0.15, 0.2) is 65.6 Å². The second-order valence-corrected chi connectivity index (χ2v) is 5.64. The van der Waals surface area contributed by atoms with Gasteiger partial charge in [-0.15, -0.1) is 0 Å². The van der Waals surface area contributed by atoms with Crippen molar-refractivity contribution in [3.8, 4) is 5.75 Å². The molecule has 0 aliphatic carbocycles.